The fourth-order valence-corrected chi connectivity index (χ4v) is 2.86. The lowest BCUT2D eigenvalue weighted by Crippen LogP contribution is -2.19. The zero-order valence-electron chi connectivity index (χ0n) is 12.5. The standard InChI is InChI=1S/C17H18N4O/c1-21-9-8-12-10-18-17(20-16(22)11-6-7-11)19-15(12)13-4-2-3-5-14(13)21/h2-5,10-11H,6-9H2,1H3,(H,18,19,20,22). The molecule has 22 heavy (non-hydrogen) atoms. The maximum Gasteiger partial charge on any atom is 0.229 e. The van der Waals surface area contributed by atoms with E-state index in [9.17, 15) is 4.79 Å². The first-order valence-electron chi connectivity index (χ1n) is 7.69. The third kappa shape index (κ3) is 2.32. The smallest absolute Gasteiger partial charge is 0.229 e. The number of amides is 1. The number of anilines is 2. The summed E-state index contributed by atoms with van der Waals surface area (Å²) in [5.41, 5.74) is 4.32. The Bertz CT molecular complexity index is 739. The molecule has 2 aromatic rings. The van der Waals surface area contributed by atoms with Crippen molar-refractivity contribution in [3.8, 4) is 11.3 Å². The number of benzene rings is 1. The number of hydrogen-bond donors (Lipinski definition) is 1. The van der Waals surface area contributed by atoms with Gasteiger partial charge in [-0.2, -0.15) is 0 Å². The molecule has 1 amide bonds. The molecule has 1 saturated carbocycles. The van der Waals surface area contributed by atoms with Gasteiger partial charge in [-0.15, -0.1) is 0 Å². The molecule has 2 heterocycles. The number of rotatable bonds is 2. The van der Waals surface area contributed by atoms with Gasteiger partial charge in [0.2, 0.25) is 11.9 Å². The number of nitrogens with one attached hydrogen (secondary N) is 1. The molecule has 5 nitrogen and oxygen atoms in total. The van der Waals surface area contributed by atoms with E-state index >= 15 is 0 Å². The Morgan fingerprint density at radius 2 is 2.14 bits per heavy atom. The summed E-state index contributed by atoms with van der Waals surface area (Å²) in [7, 11) is 2.09. The minimum atomic E-state index is 0.0407. The van der Waals surface area contributed by atoms with Crippen LogP contribution in [0.15, 0.2) is 30.5 Å². The average molecular weight is 294 g/mol. The zero-order chi connectivity index (χ0) is 15.1. The van der Waals surface area contributed by atoms with Crippen LogP contribution in [0.5, 0.6) is 0 Å². The van der Waals surface area contributed by atoms with Crippen molar-refractivity contribution in [2.45, 2.75) is 19.3 Å². The largest absolute Gasteiger partial charge is 0.374 e. The van der Waals surface area contributed by atoms with Crippen LogP contribution in [0, 0.1) is 5.92 Å². The predicted octanol–water partition coefficient (Wildman–Crippen LogP) is 2.48. The first-order valence-corrected chi connectivity index (χ1v) is 7.69. The highest BCUT2D eigenvalue weighted by molar-refractivity contribution is 5.93. The van der Waals surface area contributed by atoms with Gasteiger partial charge in [-0.3, -0.25) is 10.1 Å². The Balaban J connectivity index is 1.75. The molecule has 1 fully saturated rings. The van der Waals surface area contributed by atoms with Crippen molar-refractivity contribution in [1.82, 2.24) is 9.97 Å². The molecule has 1 aliphatic heterocycles. The summed E-state index contributed by atoms with van der Waals surface area (Å²) < 4.78 is 0. The van der Waals surface area contributed by atoms with Crippen LogP contribution in [0.25, 0.3) is 11.3 Å². The summed E-state index contributed by atoms with van der Waals surface area (Å²) in [6, 6.07) is 8.24. The Labute approximate surface area is 129 Å². The summed E-state index contributed by atoms with van der Waals surface area (Å²) >= 11 is 0. The van der Waals surface area contributed by atoms with Gasteiger partial charge >= 0.3 is 0 Å². The molecule has 1 aromatic carbocycles. The molecule has 4 rings (SSSR count). The van der Waals surface area contributed by atoms with Crippen LogP contribution in [-0.2, 0) is 11.2 Å². The number of para-hydroxylation sites is 1. The normalized spacial score (nSPS) is 16.5. The van der Waals surface area contributed by atoms with Crippen molar-refractivity contribution in [3.63, 3.8) is 0 Å². The molecule has 112 valence electrons. The Hall–Kier alpha value is -2.43. The van der Waals surface area contributed by atoms with Gasteiger partial charge < -0.3 is 4.90 Å². The summed E-state index contributed by atoms with van der Waals surface area (Å²) in [6.07, 6.45) is 4.70. The van der Waals surface area contributed by atoms with Crippen LogP contribution in [-0.4, -0.2) is 29.5 Å². The van der Waals surface area contributed by atoms with Crippen LogP contribution in [0.4, 0.5) is 11.6 Å². The molecule has 1 aliphatic carbocycles. The van der Waals surface area contributed by atoms with E-state index in [0.29, 0.717) is 5.95 Å². The topological polar surface area (TPSA) is 58.1 Å². The number of likely N-dealkylation sites (N-methyl/N-ethyl adjacent to an activating group) is 1. The number of aromatic nitrogens is 2. The minimum Gasteiger partial charge on any atom is -0.374 e. The number of carbonyl (C=O) groups excluding carboxylic acids is 1. The van der Waals surface area contributed by atoms with Gasteiger partial charge in [0.15, 0.2) is 0 Å². The van der Waals surface area contributed by atoms with E-state index in [2.05, 4.69) is 39.4 Å². The molecule has 0 bridgehead atoms. The van der Waals surface area contributed by atoms with Crippen LogP contribution in [0.1, 0.15) is 18.4 Å². The molecule has 0 unspecified atom stereocenters. The molecule has 2 aliphatic rings. The molecule has 0 saturated heterocycles. The van der Waals surface area contributed by atoms with E-state index in [1.54, 1.807) is 0 Å². The van der Waals surface area contributed by atoms with E-state index in [-0.39, 0.29) is 11.8 Å². The quantitative estimate of drug-likeness (QED) is 0.924. The third-order valence-electron chi connectivity index (χ3n) is 4.33. The van der Waals surface area contributed by atoms with E-state index in [1.807, 2.05) is 18.3 Å². The van der Waals surface area contributed by atoms with E-state index in [0.717, 1.165) is 42.6 Å². The lowest BCUT2D eigenvalue weighted by Gasteiger charge is -2.18. The number of fused-ring (bicyclic) bond motifs is 3. The van der Waals surface area contributed by atoms with Crippen molar-refractivity contribution in [2.24, 2.45) is 5.92 Å². The van der Waals surface area contributed by atoms with Crippen LogP contribution in [0.2, 0.25) is 0 Å². The summed E-state index contributed by atoms with van der Waals surface area (Å²) in [6.45, 7) is 0.932. The highest BCUT2D eigenvalue weighted by atomic mass is 16.2. The second kappa shape index (κ2) is 5.09. The van der Waals surface area contributed by atoms with Gasteiger partial charge in [0, 0.05) is 37.0 Å². The lowest BCUT2D eigenvalue weighted by atomic mass is 10.1. The Morgan fingerprint density at radius 3 is 2.95 bits per heavy atom. The maximum atomic E-state index is 11.9. The molecule has 0 spiro atoms. The van der Waals surface area contributed by atoms with Gasteiger partial charge in [-0.1, -0.05) is 18.2 Å². The van der Waals surface area contributed by atoms with Crippen molar-refractivity contribution in [1.29, 1.82) is 0 Å². The second-order valence-electron chi connectivity index (χ2n) is 6.02. The van der Waals surface area contributed by atoms with Crippen molar-refractivity contribution < 1.29 is 4.79 Å². The summed E-state index contributed by atoms with van der Waals surface area (Å²) in [5, 5.41) is 2.84. The van der Waals surface area contributed by atoms with Crippen LogP contribution < -0.4 is 10.2 Å². The van der Waals surface area contributed by atoms with E-state index in [4.69, 9.17) is 0 Å². The molecule has 1 N–H and O–H groups in total. The highest BCUT2D eigenvalue weighted by Crippen LogP contribution is 2.35. The molecule has 1 aromatic heterocycles. The molecular formula is C17H18N4O. The SMILES string of the molecule is CN1CCc2cnc(NC(=O)C3CC3)nc2-c2ccccc21. The molecule has 0 atom stereocenters. The van der Waals surface area contributed by atoms with E-state index in [1.165, 1.54) is 5.69 Å². The first-order chi connectivity index (χ1) is 10.7. The number of carbonyl (C=O) groups is 1. The number of nitrogens with zero attached hydrogens (tertiary/aromatic N) is 3. The van der Waals surface area contributed by atoms with Gasteiger partial charge in [0.25, 0.3) is 0 Å². The molecule has 5 heteroatoms. The van der Waals surface area contributed by atoms with Crippen molar-refractivity contribution in [2.75, 3.05) is 23.8 Å². The highest BCUT2D eigenvalue weighted by Gasteiger charge is 2.30. The number of hydrogen-bond acceptors (Lipinski definition) is 4. The van der Waals surface area contributed by atoms with Gasteiger partial charge in [0.1, 0.15) is 0 Å². The monoisotopic (exact) mass is 294 g/mol. The average Bonchev–Trinajstić information content (AvgIpc) is 3.38. The van der Waals surface area contributed by atoms with Crippen LogP contribution in [0.3, 0.4) is 0 Å². The second-order valence-corrected chi connectivity index (χ2v) is 6.02. The Kier molecular flexibility index (Phi) is 3.06. The van der Waals surface area contributed by atoms with Crippen LogP contribution >= 0.6 is 0 Å². The summed E-state index contributed by atoms with van der Waals surface area (Å²) in [4.78, 5) is 23.1. The fraction of sp³-hybridized carbons (Fsp3) is 0.353. The van der Waals surface area contributed by atoms with Gasteiger partial charge in [0.05, 0.1) is 5.69 Å². The summed E-state index contributed by atoms with van der Waals surface area (Å²) in [5.74, 6) is 0.606. The predicted molar refractivity (Wildman–Crippen MR) is 85.8 cm³/mol. The molecular weight excluding hydrogens is 276 g/mol. The fourth-order valence-electron chi connectivity index (χ4n) is 2.86. The maximum absolute atomic E-state index is 11.9. The third-order valence-corrected chi connectivity index (χ3v) is 4.33. The van der Waals surface area contributed by atoms with Crippen molar-refractivity contribution in [3.05, 3.63) is 36.0 Å². The minimum absolute atomic E-state index is 0.0407. The van der Waals surface area contributed by atoms with Gasteiger partial charge in [-0.25, -0.2) is 9.97 Å². The molecule has 0 radical (unpaired) electrons. The van der Waals surface area contributed by atoms with E-state index < -0.39 is 0 Å². The van der Waals surface area contributed by atoms with Crippen molar-refractivity contribution >= 4 is 17.5 Å². The first kappa shape index (κ1) is 13.2. The Morgan fingerprint density at radius 1 is 1.32 bits per heavy atom. The zero-order valence-corrected chi connectivity index (χ0v) is 12.5. The van der Waals surface area contributed by atoms with Gasteiger partial charge in [-0.05, 0) is 30.9 Å². The lowest BCUT2D eigenvalue weighted by molar-refractivity contribution is -0.117.